The third kappa shape index (κ3) is 4.88. The normalized spacial score (nSPS) is 15.6. The average Bonchev–Trinajstić information content (AvgIpc) is 2.65. The van der Waals surface area contributed by atoms with Crippen LogP contribution in [0.2, 0.25) is 0 Å². The van der Waals surface area contributed by atoms with Crippen LogP contribution >= 0.6 is 24.0 Å². The lowest BCUT2D eigenvalue weighted by Gasteiger charge is -2.19. The Morgan fingerprint density at radius 1 is 1.39 bits per heavy atom. The van der Waals surface area contributed by atoms with Crippen molar-refractivity contribution in [3.8, 4) is 0 Å². The summed E-state index contributed by atoms with van der Waals surface area (Å²) in [6.45, 7) is 6.83. The van der Waals surface area contributed by atoms with Crippen LogP contribution in [0.5, 0.6) is 0 Å². The van der Waals surface area contributed by atoms with Crippen LogP contribution in [-0.2, 0) is 10.0 Å². The summed E-state index contributed by atoms with van der Waals surface area (Å²) in [5.41, 5.74) is 0. The molecule has 0 bridgehead atoms. The first-order chi connectivity index (χ1) is 8.01. The van der Waals surface area contributed by atoms with Gasteiger partial charge in [0.2, 0.25) is 10.0 Å². The maximum atomic E-state index is 11.9. The molecule has 1 N–H and O–H groups in total. The molecule has 0 atom stereocenters. The molecule has 0 saturated carbocycles. The molecule has 1 rings (SSSR count). The molecule has 18 heavy (non-hydrogen) atoms. The fourth-order valence-corrected chi connectivity index (χ4v) is 3.17. The van der Waals surface area contributed by atoms with Gasteiger partial charge < -0.3 is 10.2 Å². The molecule has 1 aliphatic rings. The molecule has 108 valence electrons. The van der Waals surface area contributed by atoms with Crippen molar-refractivity contribution in [1.82, 2.24) is 14.5 Å². The van der Waals surface area contributed by atoms with Crippen LogP contribution in [-0.4, -0.2) is 69.1 Å². The third-order valence-electron chi connectivity index (χ3n) is 2.80. The summed E-state index contributed by atoms with van der Waals surface area (Å²) in [6, 6.07) is 0. The highest BCUT2D eigenvalue weighted by molar-refractivity contribution is 14.0. The molecule has 0 aliphatic carbocycles. The summed E-state index contributed by atoms with van der Waals surface area (Å²) in [6.07, 6.45) is 0. The maximum absolute atomic E-state index is 11.9. The summed E-state index contributed by atoms with van der Waals surface area (Å²) in [5, 5.41) is 3.06. The zero-order valence-electron chi connectivity index (χ0n) is 11.2. The predicted octanol–water partition coefficient (Wildman–Crippen LogP) is 0.167. The Morgan fingerprint density at radius 2 is 2.00 bits per heavy atom. The van der Waals surface area contributed by atoms with Gasteiger partial charge in [0.05, 0.1) is 12.3 Å². The Labute approximate surface area is 127 Å². The van der Waals surface area contributed by atoms with Gasteiger partial charge in [0.15, 0.2) is 5.96 Å². The van der Waals surface area contributed by atoms with Gasteiger partial charge in [-0.25, -0.2) is 12.7 Å². The van der Waals surface area contributed by atoms with E-state index in [0.29, 0.717) is 19.6 Å². The smallest absolute Gasteiger partial charge is 0.215 e. The molecule has 0 fully saturated rings. The van der Waals surface area contributed by atoms with E-state index in [1.54, 1.807) is 0 Å². The second-order valence-corrected chi connectivity index (χ2v) is 6.04. The zero-order chi connectivity index (χ0) is 12.9. The third-order valence-corrected chi connectivity index (χ3v) is 4.82. The molecule has 0 aromatic rings. The van der Waals surface area contributed by atoms with Gasteiger partial charge >= 0.3 is 0 Å². The van der Waals surface area contributed by atoms with Crippen LogP contribution in [0.25, 0.3) is 0 Å². The van der Waals surface area contributed by atoms with Crippen molar-refractivity contribution in [2.45, 2.75) is 13.8 Å². The topological polar surface area (TPSA) is 65.0 Å². The summed E-state index contributed by atoms with van der Waals surface area (Å²) < 4.78 is 25.2. The first kappa shape index (κ1) is 17.9. The second-order valence-electron chi connectivity index (χ2n) is 3.95. The van der Waals surface area contributed by atoms with Crippen molar-refractivity contribution >= 4 is 40.0 Å². The van der Waals surface area contributed by atoms with E-state index in [-0.39, 0.29) is 29.7 Å². The van der Waals surface area contributed by atoms with Gasteiger partial charge in [-0.2, -0.15) is 0 Å². The van der Waals surface area contributed by atoms with Gasteiger partial charge in [0, 0.05) is 33.2 Å². The number of halogens is 1. The van der Waals surface area contributed by atoms with Gasteiger partial charge in [-0.3, -0.25) is 4.99 Å². The highest BCUT2D eigenvalue weighted by Crippen LogP contribution is 2.00. The monoisotopic (exact) mass is 390 g/mol. The number of rotatable bonds is 6. The Hall–Kier alpha value is -0.0900. The van der Waals surface area contributed by atoms with Gasteiger partial charge in [-0.1, -0.05) is 13.8 Å². The van der Waals surface area contributed by atoms with E-state index >= 15 is 0 Å². The number of sulfonamides is 1. The largest absolute Gasteiger partial charge is 0.355 e. The van der Waals surface area contributed by atoms with Crippen LogP contribution in [0.3, 0.4) is 0 Å². The van der Waals surface area contributed by atoms with Crippen molar-refractivity contribution in [2.24, 2.45) is 4.99 Å². The number of guanidine groups is 1. The van der Waals surface area contributed by atoms with Crippen molar-refractivity contribution in [2.75, 3.05) is 45.5 Å². The fourth-order valence-electron chi connectivity index (χ4n) is 1.76. The van der Waals surface area contributed by atoms with Gasteiger partial charge in [0.1, 0.15) is 0 Å². The lowest BCUT2D eigenvalue weighted by Crippen LogP contribution is -2.41. The molecule has 0 spiro atoms. The van der Waals surface area contributed by atoms with E-state index in [2.05, 4.69) is 10.3 Å². The van der Waals surface area contributed by atoms with Crippen LogP contribution in [0.4, 0.5) is 0 Å². The lowest BCUT2D eigenvalue weighted by molar-refractivity contribution is 0.444. The van der Waals surface area contributed by atoms with Gasteiger partial charge in [-0.05, 0) is 0 Å². The molecule has 8 heteroatoms. The summed E-state index contributed by atoms with van der Waals surface area (Å²) in [4.78, 5) is 6.23. The maximum Gasteiger partial charge on any atom is 0.215 e. The molecule has 0 amide bonds. The molecule has 1 aliphatic heterocycles. The molecule has 0 radical (unpaired) electrons. The number of nitrogens with one attached hydrogen (secondary N) is 1. The second kappa shape index (κ2) is 8.16. The minimum Gasteiger partial charge on any atom is -0.355 e. The Bertz CT molecular complexity index is 368. The molecule has 0 aromatic carbocycles. The van der Waals surface area contributed by atoms with E-state index in [0.717, 1.165) is 19.0 Å². The minimum atomic E-state index is -3.13. The Balaban J connectivity index is 0.00000289. The molecular formula is C10H23IN4O2S. The van der Waals surface area contributed by atoms with Crippen molar-refractivity contribution in [3.05, 3.63) is 0 Å². The highest BCUT2D eigenvalue weighted by Gasteiger charge is 2.19. The van der Waals surface area contributed by atoms with E-state index in [1.165, 1.54) is 4.31 Å². The standard InChI is InChI=1S/C10H22N4O2S.HI/c1-4-14(5-2)17(15,16)9-7-12-10-11-6-8-13(10)3;/h4-9H2,1-3H3,(H,11,12);1H. The van der Waals surface area contributed by atoms with Crippen molar-refractivity contribution in [1.29, 1.82) is 0 Å². The minimum absolute atomic E-state index is 0. The number of nitrogens with zero attached hydrogens (tertiary/aromatic N) is 3. The van der Waals surface area contributed by atoms with E-state index in [9.17, 15) is 8.42 Å². The summed E-state index contributed by atoms with van der Waals surface area (Å²) >= 11 is 0. The summed E-state index contributed by atoms with van der Waals surface area (Å²) in [5.74, 6) is 0.904. The number of hydrogen-bond acceptors (Lipinski definition) is 5. The van der Waals surface area contributed by atoms with Crippen LogP contribution < -0.4 is 5.32 Å². The predicted molar refractivity (Wildman–Crippen MR) is 85.1 cm³/mol. The molecule has 0 saturated heterocycles. The molecule has 6 nitrogen and oxygen atoms in total. The molecule has 0 unspecified atom stereocenters. The van der Waals surface area contributed by atoms with E-state index in [4.69, 9.17) is 0 Å². The van der Waals surface area contributed by atoms with E-state index < -0.39 is 10.0 Å². The van der Waals surface area contributed by atoms with Crippen LogP contribution in [0, 0.1) is 0 Å². The quantitative estimate of drug-likeness (QED) is 0.657. The first-order valence-corrected chi connectivity index (χ1v) is 7.59. The lowest BCUT2D eigenvalue weighted by atomic mass is 10.6. The first-order valence-electron chi connectivity index (χ1n) is 5.98. The van der Waals surface area contributed by atoms with Crippen LogP contribution in [0.15, 0.2) is 4.99 Å². The zero-order valence-corrected chi connectivity index (χ0v) is 14.4. The number of hydrogen-bond donors (Lipinski definition) is 1. The highest BCUT2D eigenvalue weighted by atomic mass is 127. The molecule has 0 aromatic heterocycles. The van der Waals surface area contributed by atoms with Crippen molar-refractivity contribution in [3.63, 3.8) is 0 Å². The van der Waals surface area contributed by atoms with Crippen molar-refractivity contribution < 1.29 is 8.42 Å². The molecule has 1 heterocycles. The number of aliphatic imine (C=N–C) groups is 1. The van der Waals surface area contributed by atoms with Crippen LogP contribution in [0.1, 0.15) is 13.8 Å². The van der Waals surface area contributed by atoms with Gasteiger partial charge in [-0.15, -0.1) is 24.0 Å². The summed E-state index contributed by atoms with van der Waals surface area (Å²) in [7, 11) is -1.19. The fraction of sp³-hybridized carbons (Fsp3) is 0.900. The van der Waals surface area contributed by atoms with Gasteiger partial charge in [0.25, 0.3) is 0 Å². The number of likely N-dealkylation sites (N-methyl/N-ethyl adjacent to an activating group) is 1. The Morgan fingerprint density at radius 3 is 2.44 bits per heavy atom. The Kier molecular flexibility index (Phi) is 8.11. The van der Waals surface area contributed by atoms with E-state index in [1.807, 2.05) is 25.8 Å². The SMILES string of the molecule is CCN(CC)S(=O)(=O)CCNC1=NCCN1C.I. The molecular weight excluding hydrogens is 367 g/mol. The average molecular weight is 390 g/mol.